The lowest BCUT2D eigenvalue weighted by Crippen LogP contribution is -2.49. The minimum Gasteiger partial charge on any atom is -0.497 e. The number of para-hydroxylation sites is 1. The van der Waals surface area contributed by atoms with Crippen LogP contribution in [0.25, 0.3) is 0 Å². The third-order valence-electron chi connectivity index (χ3n) is 5.09. The Morgan fingerprint density at radius 3 is 2.53 bits per heavy atom. The number of thioether (sulfide) groups is 1. The molecule has 0 saturated heterocycles. The standard InChI is InChI=1S/C21H21N3O5S/c1-28-13-7-9-14(10-8-13)29-12-4-11-24-16-6-3-2-5-15(16)21(27,19(24)26)17-18(25)23-20(22)30-17/h2-3,5-10,17,27H,4,11-12H2,1H3,(H2,22,23,25). The molecule has 0 spiro atoms. The Balaban J connectivity index is 1.46. The summed E-state index contributed by atoms with van der Waals surface area (Å²) in [5, 5.41) is 10.3. The highest BCUT2D eigenvalue weighted by Gasteiger charge is 2.58. The molecule has 2 aromatic rings. The van der Waals surface area contributed by atoms with E-state index < -0.39 is 22.7 Å². The zero-order chi connectivity index (χ0) is 21.3. The largest absolute Gasteiger partial charge is 0.497 e. The van der Waals surface area contributed by atoms with E-state index in [1.165, 1.54) is 4.90 Å². The lowest BCUT2D eigenvalue weighted by Gasteiger charge is -2.26. The summed E-state index contributed by atoms with van der Waals surface area (Å²) in [6, 6.07) is 14.1. The van der Waals surface area contributed by atoms with E-state index in [2.05, 4.69) is 4.99 Å². The van der Waals surface area contributed by atoms with E-state index in [-0.39, 0.29) is 5.17 Å². The molecule has 9 heteroatoms. The Kier molecular flexibility index (Phi) is 5.40. The van der Waals surface area contributed by atoms with Gasteiger partial charge < -0.3 is 25.2 Å². The topological polar surface area (TPSA) is 114 Å². The van der Waals surface area contributed by atoms with Crippen molar-refractivity contribution in [2.75, 3.05) is 25.2 Å². The maximum Gasteiger partial charge on any atom is 0.265 e. The molecule has 3 N–H and O–H groups in total. The zero-order valence-electron chi connectivity index (χ0n) is 16.3. The Bertz CT molecular complexity index is 1010. The number of fused-ring (bicyclic) bond motifs is 1. The van der Waals surface area contributed by atoms with Crippen LogP contribution in [0.15, 0.2) is 53.5 Å². The number of aliphatic hydroxyl groups is 1. The fourth-order valence-corrected chi connectivity index (χ4v) is 4.59. The lowest BCUT2D eigenvalue weighted by atomic mass is 9.91. The molecule has 156 valence electrons. The van der Waals surface area contributed by atoms with Gasteiger partial charge in [0.1, 0.15) is 16.7 Å². The van der Waals surface area contributed by atoms with Gasteiger partial charge in [0.05, 0.1) is 19.4 Å². The van der Waals surface area contributed by atoms with Crippen LogP contribution in [0.1, 0.15) is 12.0 Å². The molecule has 0 fully saturated rings. The quantitative estimate of drug-likeness (QED) is 0.646. The average Bonchev–Trinajstić information content (AvgIpc) is 3.21. The van der Waals surface area contributed by atoms with E-state index in [4.69, 9.17) is 15.2 Å². The van der Waals surface area contributed by atoms with Gasteiger partial charge in [-0.25, -0.2) is 0 Å². The number of nitrogens with zero attached hydrogens (tertiary/aromatic N) is 2. The molecule has 2 unspecified atom stereocenters. The van der Waals surface area contributed by atoms with Gasteiger partial charge in [0, 0.05) is 12.1 Å². The van der Waals surface area contributed by atoms with Gasteiger partial charge in [-0.3, -0.25) is 9.59 Å². The van der Waals surface area contributed by atoms with Crippen molar-refractivity contribution < 1.29 is 24.2 Å². The summed E-state index contributed by atoms with van der Waals surface area (Å²) in [6.45, 7) is 0.708. The first-order valence-electron chi connectivity index (χ1n) is 9.40. The third kappa shape index (κ3) is 3.40. The number of methoxy groups -OCH3 is 1. The Morgan fingerprint density at radius 2 is 1.87 bits per heavy atom. The Hall–Kier alpha value is -3.04. The number of amidine groups is 1. The molecule has 2 aromatic carbocycles. The van der Waals surface area contributed by atoms with Gasteiger partial charge in [-0.2, -0.15) is 4.99 Å². The smallest absolute Gasteiger partial charge is 0.265 e. The monoisotopic (exact) mass is 427 g/mol. The summed E-state index contributed by atoms with van der Waals surface area (Å²) < 4.78 is 10.8. The third-order valence-corrected chi connectivity index (χ3v) is 6.20. The van der Waals surface area contributed by atoms with Crippen LogP contribution in [0.3, 0.4) is 0 Å². The number of rotatable bonds is 7. The van der Waals surface area contributed by atoms with Gasteiger partial charge in [0.25, 0.3) is 11.8 Å². The summed E-state index contributed by atoms with van der Waals surface area (Å²) in [7, 11) is 1.60. The summed E-state index contributed by atoms with van der Waals surface area (Å²) in [5.74, 6) is 0.280. The number of hydrogen-bond acceptors (Lipinski definition) is 7. The first-order valence-corrected chi connectivity index (χ1v) is 10.3. The zero-order valence-corrected chi connectivity index (χ0v) is 17.1. The van der Waals surface area contributed by atoms with Crippen LogP contribution in [0.5, 0.6) is 11.5 Å². The minimum absolute atomic E-state index is 0.0510. The number of hydrogen-bond donors (Lipinski definition) is 2. The highest BCUT2D eigenvalue weighted by molar-refractivity contribution is 8.15. The van der Waals surface area contributed by atoms with Crippen LogP contribution in [0.2, 0.25) is 0 Å². The van der Waals surface area contributed by atoms with Gasteiger partial charge >= 0.3 is 0 Å². The van der Waals surface area contributed by atoms with Gasteiger partial charge in [-0.15, -0.1) is 0 Å². The molecule has 0 bridgehead atoms. The Morgan fingerprint density at radius 1 is 1.17 bits per heavy atom. The summed E-state index contributed by atoms with van der Waals surface area (Å²) in [4.78, 5) is 30.6. The van der Waals surface area contributed by atoms with Crippen LogP contribution in [-0.2, 0) is 15.2 Å². The Labute approximate surface area is 177 Å². The van der Waals surface area contributed by atoms with Crippen LogP contribution < -0.4 is 20.1 Å². The number of benzene rings is 2. The van der Waals surface area contributed by atoms with Crippen LogP contribution in [-0.4, -0.2) is 47.6 Å². The maximum absolute atomic E-state index is 13.2. The van der Waals surface area contributed by atoms with E-state index in [1.54, 1.807) is 55.6 Å². The lowest BCUT2D eigenvalue weighted by molar-refractivity contribution is -0.140. The molecular formula is C21H21N3O5S. The fourth-order valence-electron chi connectivity index (χ4n) is 3.65. The number of anilines is 1. The molecule has 30 heavy (non-hydrogen) atoms. The predicted octanol–water partition coefficient (Wildman–Crippen LogP) is 1.66. The predicted molar refractivity (Wildman–Crippen MR) is 114 cm³/mol. The van der Waals surface area contributed by atoms with Gasteiger partial charge in [-0.05, 0) is 36.8 Å². The van der Waals surface area contributed by atoms with Crippen LogP contribution >= 0.6 is 11.8 Å². The second-order valence-electron chi connectivity index (χ2n) is 6.90. The van der Waals surface area contributed by atoms with Crippen molar-refractivity contribution >= 4 is 34.4 Å². The molecule has 0 aliphatic carbocycles. The number of carbonyl (C=O) groups is 2. The second-order valence-corrected chi connectivity index (χ2v) is 8.03. The molecule has 0 saturated carbocycles. The van der Waals surface area contributed by atoms with Crippen LogP contribution in [0, 0.1) is 0 Å². The molecule has 0 aromatic heterocycles. The molecule has 4 rings (SSSR count). The average molecular weight is 427 g/mol. The van der Waals surface area contributed by atoms with Crippen molar-refractivity contribution in [2.45, 2.75) is 17.3 Å². The first kappa shape index (κ1) is 20.2. The molecule has 2 aliphatic rings. The van der Waals surface area contributed by atoms with E-state index in [0.717, 1.165) is 17.5 Å². The van der Waals surface area contributed by atoms with Crippen molar-refractivity contribution in [3.05, 3.63) is 54.1 Å². The second kappa shape index (κ2) is 8.00. The van der Waals surface area contributed by atoms with Crippen molar-refractivity contribution in [1.82, 2.24) is 0 Å². The molecule has 0 radical (unpaired) electrons. The summed E-state index contributed by atoms with van der Waals surface area (Å²) in [5.41, 5.74) is 4.61. The number of nitrogens with two attached hydrogens (primary N) is 1. The number of aliphatic imine (C=N–C) groups is 1. The van der Waals surface area contributed by atoms with Gasteiger partial charge in [-0.1, -0.05) is 30.0 Å². The molecule has 8 nitrogen and oxygen atoms in total. The summed E-state index contributed by atoms with van der Waals surface area (Å²) >= 11 is 0.914. The van der Waals surface area contributed by atoms with Crippen molar-refractivity contribution in [1.29, 1.82) is 0 Å². The van der Waals surface area contributed by atoms with Gasteiger partial charge in [0.2, 0.25) is 0 Å². The molecule has 2 heterocycles. The van der Waals surface area contributed by atoms with Crippen molar-refractivity contribution in [2.24, 2.45) is 10.7 Å². The highest BCUT2D eigenvalue weighted by atomic mass is 32.2. The molecule has 2 atom stereocenters. The number of carbonyl (C=O) groups excluding carboxylic acids is 2. The van der Waals surface area contributed by atoms with Crippen molar-refractivity contribution in [3.8, 4) is 11.5 Å². The SMILES string of the molecule is COc1ccc(OCCCN2C(=O)C(O)(C3SC(N)=NC3=O)c3ccccc32)cc1. The van der Waals surface area contributed by atoms with Gasteiger partial charge in [0.15, 0.2) is 10.8 Å². The summed E-state index contributed by atoms with van der Waals surface area (Å²) in [6.07, 6.45) is 0.534. The van der Waals surface area contributed by atoms with E-state index in [1.807, 2.05) is 0 Å². The number of amides is 2. The number of ether oxygens (including phenoxy) is 2. The van der Waals surface area contributed by atoms with E-state index in [0.29, 0.717) is 36.6 Å². The minimum atomic E-state index is -2.00. The molecular weight excluding hydrogens is 406 g/mol. The fraction of sp³-hybridized carbons (Fsp3) is 0.286. The van der Waals surface area contributed by atoms with Crippen LogP contribution in [0.4, 0.5) is 5.69 Å². The maximum atomic E-state index is 13.2. The molecule has 2 amide bonds. The molecule has 2 aliphatic heterocycles. The van der Waals surface area contributed by atoms with E-state index in [9.17, 15) is 14.7 Å². The van der Waals surface area contributed by atoms with E-state index >= 15 is 0 Å². The highest BCUT2D eigenvalue weighted by Crippen LogP contribution is 2.47. The normalized spacial score (nSPS) is 22.8. The first-order chi connectivity index (χ1) is 14.4. The van der Waals surface area contributed by atoms with Crippen molar-refractivity contribution in [3.63, 3.8) is 0 Å².